The van der Waals surface area contributed by atoms with E-state index in [9.17, 15) is 9.59 Å². The van der Waals surface area contributed by atoms with Crippen molar-refractivity contribution in [3.8, 4) is 0 Å². The molecule has 0 aliphatic carbocycles. The monoisotopic (exact) mass is 290 g/mol. The van der Waals surface area contributed by atoms with E-state index in [0.717, 1.165) is 31.2 Å². The number of anilines is 2. The van der Waals surface area contributed by atoms with Crippen molar-refractivity contribution < 1.29 is 9.59 Å². The van der Waals surface area contributed by atoms with Crippen molar-refractivity contribution in [3.05, 3.63) is 23.8 Å². The first-order valence-electron chi connectivity index (χ1n) is 7.77. The van der Waals surface area contributed by atoms with Gasteiger partial charge >= 0.3 is 0 Å². The maximum Gasteiger partial charge on any atom is 0.224 e. The molecular formula is C17H26N2O2. The van der Waals surface area contributed by atoms with Crippen molar-refractivity contribution in [1.82, 2.24) is 0 Å². The van der Waals surface area contributed by atoms with E-state index < -0.39 is 0 Å². The zero-order valence-corrected chi connectivity index (χ0v) is 13.3. The van der Waals surface area contributed by atoms with Crippen molar-refractivity contribution in [2.45, 2.75) is 59.3 Å². The fourth-order valence-corrected chi connectivity index (χ4v) is 1.97. The predicted molar refractivity (Wildman–Crippen MR) is 87.5 cm³/mol. The second-order valence-corrected chi connectivity index (χ2v) is 5.35. The van der Waals surface area contributed by atoms with Crippen LogP contribution in [-0.4, -0.2) is 11.8 Å². The summed E-state index contributed by atoms with van der Waals surface area (Å²) >= 11 is 0. The molecule has 1 rings (SSSR count). The maximum absolute atomic E-state index is 11.9. The number of carbonyl (C=O) groups excluding carboxylic acids is 2. The first-order chi connectivity index (χ1) is 10.1. The molecule has 2 amide bonds. The molecule has 1 aromatic carbocycles. The van der Waals surface area contributed by atoms with Crippen molar-refractivity contribution >= 4 is 23.2 Å². The van der Waals surface area contributed by atoms with Crippen LogP contribution in [0.3, 0.4) is 0 Å². The quantitative estimate of drug-likeness (QED) is 0.752. The lowest BCUT2D eigenvalue weighted by molar-refractivity contribution is -0.117. The summed E-state index contributed by atoms with van der Waals surface area (Å²) in [5, 5.41) is 5.77. The number of amides is 2. The minimum atomic E-state index is -0.00948. The molecule has 1 aromatic rings. The third kappa shape index (κ3) is 6.43. The molecule has 0 radical (unpaired) electrons. The lowest BCUT2D eigenvalue weighted by Crippen LogP contribution is -2.16. The average molecular weight is 290 g/mol. The highest BCUT2D eigenvalue weighted by atomic mass is 16.2. The molecular weight excluding hydrogens is 264 g/mol. The predicted octanol–water partition coefficient (Wildman–Crippen LogP) is 4.25. The van der Waals surface area contributed by atoms with Crippen LogP contribution in [0.5, 0.6) is 0 Å². The van der Waals surface area contributed by atoms with Crippen LogP contribution in [-0.2, 0) is 9.59 Å². The molecule has 0 spiro atoms. The highest BCUT2D eigenvalue weighted by Gasteiger charge is 2.09. The van der Waals surface area contributed by atoms with E-state index in [-0.39, 0.29) is 11.8 Å². The SMILES string of the molecule is CCCCC(=O)Nc1ccc(C)cc1NC(=O)CCCC. The van der Waals surface area contributed by atoms with E-state index in [4.69, 9.17) is 0 Å². The second-order valence-electron chi connectivity index (χ2n) is 5.35. The Bertz CT molecular complexity index is 484. The maximum atomic E-state index is 11.9. The Hall–Kier alpha value is -1.84. The van der Waals surface area contributed by atoms with Crippen LogP contribution in [0.15, 0.2) is 18.2 Å². The Balaban J connectivity index is 2.74. The Morgan fingerprint density at radius 3 is 1.95 bits per heavy atom. The molecule has 0 aliphatic rings. The summed E-state index contributed by atoms with van der Waals surface area (Å²) in [4.78, 5) is 23.7. The number of unbranched alkanes of at least 4 members (excludes halogenated alkanes) is 2. The van der Waals surface area contributed by atoms with Gasteiger partial charge in [-0.2, -0.15) is 0 Å². The van der Waals surface area contributed by atoms with Crippen molar-refractivity contribution in [2.24, 2.45) is 0 Å². The lowest BCUT2D eigenvalue weighted by Gasteiger charge is -2.13. The van der Waals surface area contributed by atoms with Crippen molar-refractivity contribution in [1.29, 1.82) is 0 Å². The highest BCUT2D eigenvalue weighted by Crippen LogP contribution is 2.24. The van der Waals surface area contributed by atoms with Gasteiger partial charge in [0.15, 0.2) is 0 Å². The summed E-state index contributed by atoms with van der Waals surface area (Å²) in [7, 11) is 0. The minimum absolute atomic E-state index is 0.00786. The fourth-order valence-electron chi connectivity index (χ4n) is 1.97. The molecule has 4 heteroatoms. The van der Waals surface area contributed by atoms with E-state index in [1.54, 1.807) is 0 Å². The molecule has 116 valence electrons. The van der Waals surface area contributed by atoms with Gasteiger partial charge in [-0.1, -0.05) is 32.8 Å². The third-order valence-corrected chi connectivity index (χ3v) is 3.24. The van der Waals surface area contributed by atoms with Gasteiger partial charge in [-0.15, -0.1) is 0 Å². The molecule has 0 unspecified atom stereocenters. The number of carbonyl (C=O) groups is 2. The molecule has 0 bridgehead atoms. The molecule has 0 saturated carbocycles. The summed E-state index contributed by atoms with van der Waals surface area (Å²) < 4.78 is 0. The molecule has 0 atom stereocenters. The van der Waals surface area contributed by atoms with Crippen LogP contribution in [0.2, 0.25) is 0 Å². The van der Waals surface area contributed by atoms with Gasteiger partial charge < -0.3 is 10.6 Å². The van der Waals surface area contributed by atoms with Gasteiger partial charge in [-0.25, -0.2) is 0 Å². The minimum Gasteiger partial charge on any atom is -0.324 e. The third-order valence-electron chi connectivity index (χ3n) is 3.24. The summed E-state index contributed by atoms with van der Waals surface area (Å²) in [5.74, 6) is -0.0173. The van der Waals surface area contributed by atoms with Gasteiger partial charge in [0.1, 0.15) is 0 Å². The second kappa shape index (κ2) is 9.16. The number of hydrogen-bond donors (Lipinski definition) is 2. The van der Waals surface area contributed by atoms with Crippen molar-refractivity contribution in [3.63, 3.8) is 0 Å². The topological polar surface area (TPSA) is 58.2 Å². The molecule has 2 N–H and O–H groups in total. The Morgan fingerprint density at radius 2 is 1.43 bits per heavy atom. The van der Waals surface area contributed by atoms with Crippen LogP contribution < -0.4 is 10.6 Å². The van der Waals surface area contributed by atoms with Crippen LogP contribution in [0, 0.1) is 6.92 Å². The van der Waals surface area contributed by atoms with Gasteiger partial charge in [0, 0.05) is 12.8 Å². The van der Waals surface area contributed by atoms with E-state index in [2.05, 4.69) is 24.5 Å². The summed E-state index contributed by atoms with van der Waals surface area (Å²) in [6, 6.07) is 5.66. The van der Waals surface area contributed by atoms with Gasteiger partial charge in [0.05, 0.1) is 11.4 Å². The van der Waals surface area contributed by atoms with E-state index >= 15 is 0 Å². The standard InChI is InChI=1S/C17H26N2O2/c1-4-6-8-16(20)18-14-11-10-13(3)12-15(14)19-17(21)9-7-5-2/h10-12H,4-9H2,1-3H3,(H,18,20)(H,19,21). The summed E-state index contributed by atoms with van der Waals surface area (Å²) in [6.07, 6.45) is 4.73. The first-order valence-corrected chi connectivity index (χ1v) is 7.77. The largest absolute Gasteiger partial charge is 0.324 e. The van der Waals surface area contributed by atoms with Gasteiger partial charge in [-0.05, 0) is 37.5 Å². The number of hydrogen-bond acceptors (Lipinski definition) is 2. The molecule has 0 fully saturated rings. The summed E-state index contributed by atoms with van der Waals surface area (Å²) in [6.45, 7) is 6.07. The first kappa shape index (κ1) is 17.2. The summed E-state index contributed by atoms with van der Waals surface area (Å²) in [5.41, 5.74) is 2.40. The molecule has 0 heterocycles. The number of nitrogens with one attached hydrogen (secondary N) is 2. The lowest BCUT2D eigenvalue weighted by atomic mass is 10.1. The zero-order valence-electron chi connectivity index (χ0n) is 13.3. The van der Waals surface area contributed by atoms with E-state index in [1.165, 1.54) is 0 Å². The van der Waals surface area contributed by atoms with Gasteiger partial charge in [0.2, 0.25) is 11.8 Å². The van der Waals surface area contributed by atoms with Crippen LogP contribution in [0.1, 0.15) is 57.9 Å². The smallest absolute Gasteiger partial charge is 0.224 e. The van der Waals surface area contributed by atoms with Crippen molar-refractivity contribution in [2.75, 3.05) is 10.6 Å². The van der Waals surface area contributed by atoms with E-state index in [0.29, 0.717) is 24.2 Å². The molecule has 4 nitrogen and oxygen atoms in total. The van der Waals surface area contributed by atoms with Gasteiger partial charge in [0.25, 0.3) is 0 Å². The highest BCUT2D eigenvalue weighted by molar-refractivity contribution is 5.99. The number of aryl methyl sites for hydroxylation is 1. The van der Waals surface area contributed by atoms with E-state index in [1.807, 2.05) is 25.1 Å². The fraction of sp³-hybridized carbons (Fsp3) is 0.529. The normalized spacial score (nSPS) is 10.2. The molecule has 0 aliphatic heterocycles. The molecule has 21 heavy (non-hydrogen) atoms. The molecule has 0 aromatic heterocycles. The van der Waals surface area contributed by atoms with Crippen LogP contribution in [0.25, 0.3) is 0 Å². The van der Waals surface area contributed by atoms with Crippen LogP contribution in [0.4, 0.5) is 11.4 Å². The molecule has 0 saturated heterocycles. The number of benzene rings is 1. The Morgan fingerprint density at radius 1 is 0.905 bits per heavy atom. The average Bonchev–Trinajstić information content (AvgIpc) is 2.45. The number of rotatable bonds is 8. The zero-order chi connectivity index (χ0) is 15.7. The van der Waals surface area contributed by atoms with Crippen LogP contribution >= 0.6 is 0 Å². The Labute approximate surface area is 127 Å². The van der Waals surface area contributed by atoms with Gasteiger partial charge in [-0.3, -0.25) is 9.59 Å². The Kier molecular flexibility index (Phi) is 7.51.